The van der Waals surface area contributed by atoms with Gasteiger partial charge in [0, 0.05) is 19.5 Å². The summed E-state index contributed by atoms with van der Waals surface area (Å²) < 4.78 is 0. The van der Waals surface area contributed by atoms with Crippen LogP contribution in [0.5, 0.6) is 0 Å². The summed E-state index contributed by atoms with van der Waals surface area (Å²) in [6, 6.07) is 1.20. The predicted octanol–water partition coefficient (Wildman–Crippen LogP) is 0.272. The maximum atomic E-state index is 14.4. The van der Waals surface area contributed by atoms with Crippen molar-refractivity contribution in [3.8, 4) is 0 Å². The van der Waals surface area contributed by atoms with Crippen LogP contribution in [-0.2, 0) is 44.8 Å². The SMILES string of the molecule is CCC(C)C1NC(=O)C(CC(C)C)NC(=O)C2CCCN2C(=O)C(C(C)C)NC(=O)C(CC(N)=O)NC(=O)C2CCCN2C(=O)C(Cc2ccccc2)NC1=O. The second-order valence-electron chi connectivity index (χ2n) is 16.2. The van der Waals surface area contributed by atoms with E-state index in [4.69, 9.17) is 5.73 Å². The summed E-state index contributed by atoms with van der Waals surface area (Å²) in [5, 5.41) is 13.9. The zero-order valence-corrected chi connectivity index (χ0v) is 33.5. The van der Waals surface area contributed by atoms with Crippen LogP contribution in [-0.4, -0.2) is 112 Å². The highest BCUT2D eigenvalue weighted by atomic mass is 16.2. The Morgan fingerprint density at radius 1 is 0.679 bits per heavy atom. The van der Waals surface area contributed by atoms with Crippen LogP contribution < -0.4 is 32.3 Å². The van der Waals surface area contributed by atoms with Gasteiger partial charge in [-0.3, -0.25) is 38.4 Å². The number of nitrogens with two attached hydrogens (primary N) is 1. The van der Waals surface area contributed by atoms with Crippen LogP contribution in [0.2, 0.25) is 0 Å². The van der Waals surface area contributed by atoms with Crippen molar-refractivity contribution in [2.45, 2.75) is 135 Å². The second-order valence-corrected chi connectivity index (χ2v) is 16.2. The zero-order valence-electron chi connectivity index (χ0n) is 33.5. The molecule has 0 bridgehead atoms. The normalized spacial score (nSPS) is 28.1. The molecule has 3 aliphatic rings. The highest BCUT2D eigenvalue weighted by Gasteiger charge is 2.43. The Kier molecular flexibility index (Phi) is 15.4. The van der Waals surface area contributed by atoms with E-state index in [1.165, 1.54) is 9.80 Å². The quantitative estimate of drug-likeness (QED) is 0.203. The van der Waals surface area contributed by atoms with Crippen molar-refractivity contribution in [2.75, 3.05) is 13.1 Å². The van der Waals surface area contributed by atoms with Gasteiger partial charge in [0.05, 0.1) is 6.42 Å². The summed E-state index contributed by atoms with van der Waals surface area (Å²) >= 11 is 0. The molecule has 3 heterocycles. The van der Waals surface area contributed by atoms with E-state index in [-0.39, 0.29) is 44.2 Å². The van der Waals surface area contributed by atoms with Crippen LogP contribution >= 0.6 is 0 Å². The number of rotatable bonds is 9. The van der Waals surface area contributed by atoms with Gasteiger partial charge in [-0.25, -0.2) is 0 Å². The van der Waals surface area contributed by atoms with Gasteiger partial charge in [-0.05, 0) is 55.4 Å². The van der Waals surface area contributed by atoms with Crippen LogP contribution in [0.1, 0.15) is 92.1 Å². The minimum Gasteiger partial charge on any atom is -0.370 e. The minimum absolute atomic E-state index is 0.0378. The van der Waals surface area contributed by atoms with Gasteiger partial charge in [-0.15, -0.1) is 0 Å². The Bertz CT molecular complexity index is 1620. The lowest BCUT2D eigenvalue weighted by Gasteiger charge is -2.32. The van der Waals surface area contributed by atoms with E-state index in [0.29, 0.717) is 25.7 Å². The fourth-order valence-corrected chi connectivity index (χ4v) is 7.67. The highest BCUT2D eigenvalue weighted by molar-refractivity contribution is 6.00. The molecular weight excluding hydrogens is 720 g/mol. The lowest BCUT2D eigenvalue weighted by molar-refractivity contribution is -0.144. The molecule has 3 saturated heterocycles. The number of hydrogen-bond acceptors (Lipinski definition) is 8. The Morgan fingerprint density at radius 2 is 1.20 bits per heavy atom. The van der Waals surface area contributed by atoms with Gasteiger partial charge >= 0.3 is 0 Å². The van der Waals surface area contributed by atoms with Crippen molar-refractivity contribution in [3.63, 3.8) is 0 Å². The predicted molar refractivity (Wildman–Crippen MR) is 207 cm³/mol. The Hall–Kier alpha value is -5.02. The first-order chi connectivity index (χ1) is 26.5. The standard InChI is InChI=1S/C40H60N8O8/c1-7-24(6)33-38(54)44-28(20-25-13-9-8-10-14-25)39(55)47-17-11-15-29(47)36(52)43-27(21-31(41)49)35(51)45-32(23(4)5)40(56)48-18-12-16-30(48)37(53)42-26(19-22(2)3)34(50)46-33/h8-10,13-14,22-24,26-30,32-33H,7,11-12,15-21H2,1-6H3,(H2,41,49)(H,42,53)(H,43,52)(H,44,54)(H,45,51)(H,46,50). The monoisotopic (exact) mass is 780 g/mol. The number of amides is 8. The van der Waals surface area contributed by atoms with E-state index < -0.39 is 102 Å². The van der Waals surface area contributed by atoms with Crippen molar-refractivity contribution < 1.29 is 38.4 Å². The van der Waals surface area contributed by atoms with Crippen LogP contribution in [0.25, 0.3) is 0 Å². The van der Waals surface area contributed by atoms with Crippen molar-refractivity contribution in [3.05, 3.63) is 35.9 Å². The van der Waals surface area contributed by atoms with Gasteiger partial charge in [-0.2, -0.15) is 0 Å². The van der Waals surface area contributed by atoms with Crippen molar-refractivity contribution in [1.82, 2.24) is 36.4 Å². The topological polar surface area (TPSA) is 229 Å². The number of carbonyl (C=O) groups excluding carboxylic acids is 8. The number of nitrogens with one attached hydrogen (secondary N) is 5. The number of hydrogen-bond donors (Lipinski definition) is 6. The molecule has 0 spiro atoms. The second kappa shape index (κ2) is 19.7. The number of benzene rings is 1. The van der Waals surface area contributed by atoms with Gasteiger partial charge < -0.3 is 42.1 Å². The molecule has 16 heteroatoms. The molecule has 3 aliphatic heterocycles. The number of nitrogens with zero attached hydrogens (tertiary/aromatic N) is 2. The Labute approximate surface area is 329 Å². The molecule has 0 radical (unpaired) electrons. The fraction of sp³-hybridized carbons (Fsp3) is 0.650. The molecule has 0 aliphatic carbocycles. The van der Waals surface area contributed by atoms with Crippen LogP contribution in [0.4, 0.5) is 0 Å². The molecule has 8 atom stereocenters. The van der Waals surface area contributed by atoms with E-state index in [9.17, 15) is 38.4 Å². The van der Waals surface area contributed by atoms with Crippen molar-refractivity contribution in [2.24, 2.45) is 23.5 Å². The van der Waals surface area contributed by atoms with E-state index in [1.807, 2.05) is 45.9 Å². The van der Waals surface area contributed by atoms with E-state index >= 15 is 0 Å². The summed E-state index contributed by atoms with van der Waals surface area (Å²) in [7, 11) is 0. The summed E-state index contributed by atoms with van der Waals surface area (Å²) in [4.78, 5) is 113. The number of fused-ring (bicyclic) bond motifs is 2. The molecule has 8 amide bonds. The molecule has 0 saturated carbocycles. The van der Waals surface area contributed by atoms with Crippen LogP contribution in [0.15, 0.2) is 30.3 Å². The average Bonchev–Trinajstić information content (AvgIpc) is 3.85. The molecule has 308 valence electrons. The number of carbonyl (C=O) groups is 8. The molecule has 56 heavy (non-hydrogen) atoms. The highest BCUT2D eigenvalue weighted by Crippen LogP contribution is 2.23. The Morgan fingerprint density at radius 3 is 1.73 bits per heavy atom. The first kappa shape index (κ1) is 43.7. The number of primary amides is 1. The molecule has 1 aromatic rings. The van der Waals surface area contributed by atoms with E-state index in [1.54, 1.807) is 26.0 Å². The molecular formula is C40H60N8O8. The third-order valence-corrected chi connectivity index (χ3v) is 11.0. The lowest BCUT2D eigenvalue weighted by Crippen LogP contribution is -2.61. The lowest BCUT2D eigenvalue weighted by atomic mass is 9.95. The minimum atomic E-state index is -1.47. The van der Waals surface area contributed by atoms with Crippen LogP contribution in [0.3, 0.4) is 0 Å². The molecule has 0 aromatic heterocycles. The van der Waals surface area contributed by atoms with Gasteiger partial charge in [0.2, 0.25) is 47.3 Å². The largest absolute Gasteiger partial charge is 0.370 e. The third kappa shape index (κ3) is 11.1. The smallest absolute Gasteiger partial charge is 0.246 e. The first-order valence-corrected chi connectivity index (χ1v) is 20.0. The van der Waals surface area contributed by atoms with Gasteiger partial charge in [0.25, 0.3) is 0 Å². The zero-order chi connectivity index (χ0) is 41.3. The average molecular weight is 781 g/mol. The molecule has 1 aromatic carbocycles. The first-order valence-electron chi connectivity index (χ1n) is 20.0. The van der Waals surface area contributed by atoms with Gasteiger partial charge in [0.15, 0.2) is 0 Å². The molecule has 16 nitrogen and oxygen atoms in total. The summed E-state index contributed by atoms with van der Waals surface area (Å²) in [6.07, 6.45) is 1.78. The van der Waals surface area contributed by atoms with Crippen LogP contribution in [0, 0.1) is 17.8 Å². The Balaban J connectivity index is 1.80. The summed E-state index contributed by atoms with van der Waals surface area (Å²) in [6.45, 7) is 11.3. The van der Waals surface area contributed by atoms with Crippen molar-refractivity contribution >= 4 is 47.3 Å². The molecule has 8 unspecified atom stereocenters. The summed E-state index contributed by atoms with van der Waals surface area (Å²) in [5.41, 5.74) is 6.26. The molecule has 7 N–H and O–H groups in total. The maximum Gasteiger partial charge on any atom is 0.246 e. The third-order valence-electron chi connectivity index (χ3n) is 11.0. The summed E-state index contributed by atoms with van der Waals surface area (Å²) in [5.74, 6) is -6.08. The van der Waals surface area contributed by atoms with Gasteiger partial charge in [-0.1, -0.05) is 78.3 Å². The van der Waals surface area contributed by atoms with Crippen molar-refractivity contribution in [1.29, 1.82) is 0 Å². The van der Waals surface area contributed by atoms with E-state index in [0.717, 1.165) is 5.56 Å². The van der Waals surface area contributed by atoms with Gasteiger partial charge in [0.1, 0.15) is 42.3 Å². The fourth-order valence-electron chi connectivity index (χ4n) is 7.67. The molecule has 4 rings (SSSR count). The maximum absolute atomic E-state index is 14.4. The van der Waals surface area contributed by atoms with E-state index in [2.05, 4.69) is 26.6 Å². The molecule has 3 fully saturated rings.